The van der Waals surface area contributed by atoms with Crippen LogP contribution in [-0.4, -0.2) is 49.2 Å². The van der Waals surface area contributed by atoms with E-state index in [2.05, 4.69) is 39.2 Å². The third-order valence-electron chi connectivity index (χ3n) is 3.18. The highest BCUT2D eigenvalue weighted by molar-refractivity contribution is 6.76. The number of aromatic nitrogens is 2. The van der Waals surface area contributed by atoms with Crippen molar-refractivity contribution in [2.24, 2.45) is 9.98 Å². The Kier molecular flexibility index (Phi) is 5.25. The largest absolute Gasteiger partial charge is 0.361 e. The summed E-state index contributed by atoms with van der Waals surface area (Å²) < 4.78 is 7.83. The van der Waals surface area contributed by atoms with Crippen molar-refractivity contribution in [3.63, 3.8) is 0 Å². The lowest BCUT2D eigenvalue weighted by molar-refractivity contribution is 0.0851. The van der Waals surface area contributed by atoms with Gasteiger partial charge in [-0.15, -0.1) is 0 Å². The number of aliphatic imine (C=N–C) groups is 2. The zero-order chi connectivity index (χ0) is 14.4. The Morgan fingerprint density at radius 3 is 2.95 bits per heavy atom. The molecule has 2 rings (SSSR count). The Balaban J connectivity index is 1.81. The van der Waals surface area contributed by atoms with Gasteiger partial charge >= 0.3 is 0 Å². The minimum absolute atomic E-state index is 0.117. The highest BCUT2D eigenvalue weighted by Crippen LogP contribution is 2.09. The summed E-state index contributed by atoms with van der Waals surface area (Å²) in [4.78, 5) is 13.0. The first-order valence-corrected chi connectivity index (χ1v) is 10.8. The highest BCUT2D eigenvalue weighted by atomic mass is 28.3. The van der Waals surface area contributed by atoms with Crippen molar-refractivity contribution < 1.29 is 4.74 Å². The predicted octanol–water partition coefficient (Wildman–Crippen LogP) is 2.26. The van der Waals surface area contributed by atoms with Gasteiger partial charge in [-0.1, -0.05) is 19.6 Å². The van der Waals surface area contributed by atoms with Crippen LogP contribution in [0.15, 0.2) is 22.4 Å². The molecule has 0 fully saturated rings. The van der Waals surface area contributed by atoms with E-state index in [0.29, 0.717) is 13.3 Å². The van der Waals surface area contributed by atoms with E-state index in [-0.39, 0.29) is 6.04 Å². The van der Waals surface area contributed by atoms with E-state index < -0.39 is 8.07 Å². The molecule has 1 aliphatic rings. The summed E-state index contributed by atoms with van der Waals surface area (Å²) in [5.41, 5.74) is 0. The fraction of sp³-hybridized carbons (Fsp3) is 0.643. The van der Waals surface area contributed by atoms with Crippen LogP contribution in [0.25, 0.3) is 0 Å². The maximum Gasteiger partial charge on any atom is 0.123 e. The van der Waals surface area contributed by atoms with Crippen molar-refractivity contribution in [3.8, 4) is 0 Å². The van der Waals surface area contributed by atoms with Crippen LogP contribution in [0.1, 0.15) is 5.82 Å². The van der Waals surface area contributed by atoms with Crippen molar-refractivity contribution in [1.29, 1.82) is 0 Å². The summed E-state index contributed by atoms with van der Waals surface area (Å²) in [6.45, 7) is 9.19. The van der Waals surface area contributed by atoms with E-state index in [1.807, 2.05) is 24.8 Å². The second-order valence-electron chi connectivity index (χ2n) is 6.28. The van der Waals surface area contributed by atoms with Crippen LogP contribution in [0.3, 0.4) is 0 Å². The first-order valence-electron chi connectivity index (χ1n) is 7.14. The number of rotatable bonds is 7. The van der Waals surface area contributed by atoms with Gasteiger partial charge in [0.1, 0.15) is 12.6 Å². The Bertz CT molecular complexity index is 464. The molecule has 2 heterocycles. The summed E-state index contributed by atoms with van der Waals surface area (Å²) in [7, 11) is -1.01. The molecule has 5 nitrogen and oxygen atoms in total. The van der Waals surface area contributed by atoms with Gasteiger partial charge in [0.2, 0.25) is 0 Å². The molecular formula is C14H24N4OSi. The zero-order valence-electron chi connectivity index (χ0n) is 12.6. The van der Waals surface area contributed by atoms with Crippen LogP contribution in [0.5, 0.6) is 0 Å². The molecule has 0 aromatic carbocycles. The van der Waals surface area contributed by atoms with Gasteiger partial charge in [0.15, 0.2) is 0 Å². The summed E-state index contributed by atoms with van der Waals surface area (Å²) in [6, 6.07) is 1.31. The fourth-order valence-corrected chi connectivity index (χ4v) is 2.69. The minimum Gasteiger partial charge on any atom is -0.361 e. The van der Waals surface area contributed by atoms with Crippen molar-refractivity contribution in [2.45, 2.75) is 44.9 Å². The van der Waals surface area contributed by atoms with Crippen LogP contribution in [0, 0.1) is 0 Å². The van der Waals surface area contributed by atoms with E-state index in [0.717, 1.165) is 18.9 Å². The first-order chi connectivity index (χ1) is 9.54. The van der Waals surface area contributed by atoms with E-state index in [1.54, 1.807) is 0 Å². The van der Waals surface area contributed by atoms with Crippen LogP contribution < -0.4 is 0 Å². The molecule has 0 aliphatic carbocycles. The molecule has 0 saturated heterocycles. The molecule has 110 valence electrons. The topological polar surface area (TPSA) is 51.8 Å². The van der Waals surface area contributed by atoms with Gasteiger partial charge in [-0.05, 0) is 6.04 Å². The van der Waals surface area contributed by atoms with Crippen LogP contribution in [0.2, 0.25) is 25.7 Å². The molecule has 1 aliphatic heterocycles. The lowest BCUT2D eigenvalue weighted by Crippen LogP contribution is -2.22. The molecule has 1 unspecified atom stereocenters. The summed E-state index contributed by atoms with van der Waals surface area (Å²) in [5.74, 6) is 1.01. The molecule has 0 saturated carbocycles. The normalized spacial score (nSPS) is 18.6. The standard InChI is InChI=1S/C14H24N4OSi/c1-20(2,3)9-8-19-12-18-7-6-17-14(18)10-13-11-15-4-5-16-13/h5-7,11,13H,4,8-10,12H2,1-3H3. The Morgan fingerprint density at radius 1 is 1.40 bits per heavy atom. The van der Waals surface area contributed by atoms with E-state index >= 15 is 0 Å². The van der Waals surface area contributed by atoms with Gasteiger partial charge in [-0.25, -0.2) is 4.98 Å². The molecule has 0 amide bonds. The quantitative estimate of drug-likeness (QED) is 0.572. The molecule has 0 N–H and O–H groups in total. The SMILES string of the molecule is C[Si](C)(C)CCOCn1ccnc1CC1C=NCC=N1. The highest BCUT2D eigenvalue weighted by Gasteiger charge is 2.13. The zero-order valence-corrected chi connectivity index (χ0v) is 13.6. The summed E-state index contributed by atoms with van der Waals surface area (Å²) >= 11 is 0. The Labute approximate surface area is 121 Å². The van der Waals surface area contributed by atoms with Crippen molar-refractivity contribution in [2.75, 3.05) is 13.2 Å². The smallest absolute Gasteiger partial charge is 0.123 e. The van der Waals surface area contributed by atoms with E-state index in [4.69, 9.17) is 4.74 Å². The second kappa shape index (κ2) is 6.94. The molecule has 1 aromatic heterocycles. The van der Waals surface area contributed by atoms with Crippen molar-refractivity contribution >= 4 is 20.5 Å². The lowest BCUT2D eigenvalue weighted by Gasteiger charge is -2.16. The van der Waals surface area contributed by atoms with Crippen molar-refractivity contribution in [1.82, 2.24) is 9.55 Å². The van der Waals surface area contributed by atoms with Gasteiger partial charge in [0.25, 0.3) is 0 Å². The molecule has 0 spiro atoms. The predicted molar refractivity (Wildman–Crippen MR) is 85.7 cm³/mol. The number of nitrogens with zero attached hydrogens (tertiary/aromatic N) is 4. The molecule has 0 bridgehead atoms. The maximum absolute atomic E-state index is 5.77. The number of hydrogen-bond donors (Lipinski definition) is 0. The average molecular weight is 292 g/mol. The summed E-state index contributed by atoms with van der Waals surface area (Å²) in [5, 5.41) is 0. The number of hydrogen-bond acceptors (Lipinski definition) is 4. The molecule has 1 aromatic rings. The molecular weight excluding hydrogens is 268 g/mol. The number of ether oxygens (including phenoxy) is 1. The van der Waals surface area contributed by atoms with Gasteiger partial charge < -0.3 is 9.30 Å². The average Bonchev–Trinajstić information content (AvgIpc) is 2.82. The third-order valence-corrected chi connectivity index (χ3v) is 4.89. The van der Waals surface area contributed by atoms with E-state index in [9.17, 15) is 0 Å². The monoisotopic (exact) mass is 292 g/mol. The van der Waals surface area contributed by atoms with Crippen molar-refractivity contribution in [3.05, 3.63) is 18.2 Å². The fourth-order valence-electron chi connectivity index (χ4n) is 1.93. The van der Waals surface area contributed by atoms with Crippen LogP contribution in [0.4, 0.5) is 0 Å². The second-order valence-corrected chi connectivity index (χ2v) is 11.9. The number of imidazole rings is 1. The van der Waals surface area contributed by atoms with Gasteiger partial charge in [-0.2, -0.15) is 0 Å². The molecule has 6 heteroatoms. The molecule has 0 radical (unpaired) electrons. The molecule has 20 heavy (non-hydrogen) atoms. The third kappa shape index (κ3) is 5.01. The van der Waals surface area contributed by atoms with Gasteiger partial charge in [0.05, 0.1) is 12.6 Å². The summed E-state index contributed by atoms with van der Waals surface area (Å²) in [6.07, 6.45) is 8.34. The maximum atomic E-state index is 5.77. The van der Waals surface area contributed by atoms with Crippen LogP contribution in [-0.2, 0) is 17.9 Å². The first kappa shape index (κ1) is 15.1. The van der Waals surface area contributed by atoms with E-state index in [1.165, 1.54) is 6.04 Å². The van der Waals surface area contributed by atoms with Gasteiger partial charge in [0, 0.05) is 45.9 Å². The lowest BCUT2D eigenvalue weighted by atomic mass is 10.2. The molecule has 1 atom stereocenters. The Hall–Kier alpha value is -1.27. The van der Waals surface area contributed by atoms with Crippen LogP contribution >= 0.6 is 0 Å². The minimum atomic E-state index is -1.01. The van der Waals surface area contributed by atoms with Gasteiger partial charge in [-0.3, -0.25) is 9.98 Å². The Morgan fingerprint density at radius 2 is 2.25 bits per heavy atom.